The number of aryl methyl sites for hydroxylation is 1. The SMILES string of the molecule is CC1CC(C)(C)CC1Nc1ccc(-c2nncn2C)cc1. The zero-order chi connectivity index (χ0) is 15.0. The molecule has 1 fully saturated rings. The zero-order valence-corrected chi connectivity index (χ0v) is 13.3. The molecule has 112 valence electrons. The number of nitrogens with one attached hydrogen (secondary N) is 1. The van der Waals surface area contributed by atoms with E-state index < -0.39 is 0 Å². The molecule has 0 spiro atoms. The highest BCUT2D eigenvalue weighted by Gasteiger charge is 2.36. The van der Waals surface area contributed by atoms with E-state index in [-0.39, 0.29) is 0 Å². The van der Waals surface area contributed by atoms with Crippen molar-refractivity contribution in [2.45, 2.75) is 39.7 Å². The van der Waals surface area contributed by atoms with Crippen LogP contribution in [0.3, 0.4) is 0 Å². The maximum atomic E-state index is 4.14. The van der Waals surface area contributed by atoms with Crippen LogP contribution in [-0.4, -0.2) is 20.8 Å². The van der Waals surface area contributed by atoms with Crippen LogP contribution in [-0.2, 0) is 7.05 Å². The molecule has 3 rings (SSSR count). The second-order valence-corrected chi connectivity index (χ2v) is 7.14. The Kier molecular flexibility index (Phi) is 3.47. The fraction of sp³-hybridized carbons (Fsp3) is 0.529. The van der Waals surface area contributed by atoms with Gasteiger partial charge in [0.25, 0.3) is 0 Å². The lowest BCUT2D eigenvalue weighted by Gasteiger charge is -2.20. The first-order chi connectivity index (χ1) is 9.94. The number of aromatic nitrogens is 3. The molecule has 0 radical (unpaired) electrons. The van der Waals surface area contributed by atoms with Gasteiger partial charge in [0.05, 0.1) is 0 Å². The van der Waals surface area contributed by atoms with Crippen molar-refractivity contribution in [2.75, 3.05) is 5.32 Å². The summed E-state index contributed by atoms with van der Waals surface area (Å²) < 4.78 is 1.93. The minimum atomic E-state index is 0.454. The monoisotopic (exact) mass is 284 g/mol. The second-order valence-electron chi connectivity index (χ2n) is 7.14. The van der Waals surface area contributed by atoms with Crippen molar-refractivity contribution in [3.8, 4) is 11.4 Å². The zero-order valence-electron chi connectivity index (χ0n) is 13.3. The molecule has 2 atom stereocenters. The van der Waals surface area contributed by atoms with Gasteiger partial charge in [0, 0.05) is 24.3 Å². The summed E-state index contributed by atoms with van der Waals surface area (Å²) in [7, 11) is 1.96. The van der Waals surface area contributed by atoms with Crippen LogP contribution >= 0.6 is 0 Å². The van der Waals surface area contributed by atoms with E-state index in [4.69, 9.17) is 0 Å². The Morgan fingerprint density at radius 2 is 1.90 bits per heavy atom. The highest BCUT2D eigenvalue weighted by Crippen LogP contribution is 2.42. The van der Waals surface area contributed by atoms with Crippen LogP contribution in [0.25, 0.3) is 11.4 Å². The van der Waals surface area contributed by atoms with Crippen LogP contribution in [0.4, 0.5) is 5.69 Å². The molecule has 1 aliphatic rings. The lowest BCUT2D eigenvalue weighted by atomic mass is 9.91. The van der Waals surface area contributed by atoms with E-state index >= 15 is 0 Å². The van der Waals surface area contributed by atoms with Gasteiger partial charge >= 0.3 is 0 Å². The van der Waals surface area contributed by atoms with E-state index in [1.807, 2.05) is 11.6 Å². The van der Waals surface area contributed by atoms with Gasteiger partial charge in [0.2, 0.25) is 0 Å². The Labute approximate surface area is 126 Å². The molecule has 1 aliphatic carbocycles. The maximum Gasteiger partial charge on any atom is 0.163 e. The number of rotatable bonds is 3. The average Bonchev–Trinajstić information content (AvgIpc) is 2.94. The summed E-state index contributed by atoms with van der Waals surface area (Å²) in [5, 5.41) is 11.8. The molecule has 0 amide bonds. The molecule has 1 aromatic carbocycles. The smallest absolute Gasteiger partial charge is 0.163 e. The van der Waals surface area contributed by atoms with Gasteiger partial charge in [-0.1, -0.05) is 20.8 Å². The number of benzene rings is 1. The highest BCUT2D eigenvalue weighted by molar-refractivity contribution is 5.60. The Balaban J connectivity index is 1.72. The predicted molar refractivity (Wildman–Crippen MR) is 86.0 cm³/mol. The molecule has 0 aliphatic heterocycles. The Hall–Kier alpha value is -1.84. The average molecular weight is 284 g/mol. The van der Waals surface area contributed by atoms with Crippen molar-refractivity contribution in [3.05, 3.63) is 30.6 Å². The normalized spacial score (nSPS) is 24.2. The summed E-state index contributed by atoms with van der Waals surface area (Å²) in [4.78, 5) is 0. The summed E-state index contributed by atoms with van der Waals surface area (Å²) in [5.74, 6) is 1.62. The van der Waals surface area contributed by atoms with Crippen LogP contribution in [0, 0.1) is 11.3 Å². The molecule has 1 N–H and O–H groups in total. The first-order valence-electron chi connectivity index (χ1n) is 7.66. The van der Waals surface area contributed by atoms with E-state index in [1.165, 1.54) is 18.5 Å². The third-order valence-corrected chi connectivity index (χ3v) is 4.54. The minimum absolute atomic E-state index is 0.454. The summed E-state index contributed by atoms with van der Waals surface area (Å²) in [6.45, 7) is 7.07. The first-order valence-corrected chi connectivity index (χ1v) is 7.66. The van der Waals surface area contributed by atoms with E-state index in [0.717, 1.165) is 17.3 Å². The van der Waals surface area contributed by atoms with Gasteiger partial charge in [-0.3, -0.25) is 0 Å². The molecule has 1 heterocycles. The van der Waals surface area contributed by atoms with Gasteiger partial charge in [0.1, 0.15) is 6.33 Å². The van der Waals surface area contributed by atoms with Crippen molar-refractivity contribution in [1.82, 2.24) is 14.8 Å². The topological polar surface area (TPSA) is 42.7 Å². The number of anilines is 1. The third-order valence-electron chi connectivity index (χ3n) is 4.54. The third kappa shape index (κ3) is 2.94. The lowest BCUT2D eigenvalue weighted by molar-refractivity contribution is 0.366. The molecule has 1 saturated carbocycles. The van der Waals surface area contributed by atoms with Gasteiger partial charge in [0.15, 0.2) is 5.82 Å². The fourth-order valence-corrected chi connectivity index (χ4v) is 3.56. The van der Waals surface area contributed by atoms with Crippen molar-refractivity contribution < 1.29 is 0 Å². The van der Waals surface area contributed by atoms with Gasteiger partial charge < -0.3 is 9.88 Å². The summed E-state index contributed by atoms with van der Waals surface area (Å²) in [5.41, 5.74) is 2.74. The van der Waals surface area contributed by atoms with Crippen molar-refractivity contribution in [1.29, 1.82) is 0 Å². The van der Waals surface area contributed by atoms with Crippen molar-refractivity contribution >= 4 is 5.69 Å². The molecule has 4 heteroatoms. The largest absolute Gasteiger partial charge is 0.382 e. The van der Waals surface area contributed by atoms with Crippen molar-refractivity contribution in [2.24, 2.45) is 18.4 Å². The first kappa shape index (κ1) is 14.1. The number of nitrogens with zero attached hydrogens (tertiary/aromatic N) is 3. The molecule has 4 nitrogen and oxygen atoms in total. The van der Waals surface area contributed by atoms with Gasteiger partial charge in [-0.2, -0.15) is 0 Å². The van der Waals surface area contributed by atoms with Crippen LogP contribution in [0.2, 0.25) is 0 Å². The molecule has 2 aromatic rings. The molecule has 0 saturated heterocycles. The molecular weight excluding hydrogens is 260 g/mol. The predicted octanol–water partition coefficient (Wildman–Crippen LogP) is 3.72. The summed E-state index contributed by atoms with van der Waals surface area (Å²) in [6, 6.07) is 9.07. The Bertz CT molecular complexity index is 612. The molecule has 21 heavy (non-hydrogen) atoms. The van der Waals surface area contributed by atoms with Crippen LogP contribution < -0.4 is 5.32 Å². The van der Waals surface area contributed by atoms with E-state index in [9.17, 15) is 0 Å². The van der Waals surface area contributed by atoms with Crippen LogP contribution in [0.15, 0.2) is 30.6 Å². The second kappa shape index (κ2) is 5.17. The number of hydrogen-bond acceptors (Lipinski definition) is 3. The molecule has 0 bridgehead atoms. The lowest BCUT2D eigenvalue weighted by Crippen LogP contribution is -2.22. The Morgan fingerprint density at radius 3 is 2.43 bits per heavy atom. The van der Waals surface area contributed by atoms with Gasteiger partial charge in [-0.15, -0.1) is 10.2 Å². The summed E-state index contributed by atoms with van der Waals surface area (Å²) >= 11 is 0. The number of hydrogen-bond donors (Lipinski definition) is 1. The van der Waals surface area contributed by atoms with Gasteiger partial charge in [-0.25, -0.2) is 0 Å². The molecule has 1 aromatic heterocycles. The standard InChI is InChI=1S/C17H24N4/c1-12-9-17(2,3)10-15(12)19-14-7-5-13(6-8-14)16-20-18-11-21(16)4/h5-8,11-12,15,19H,9-10H2,1-4H3. The Morgan fingerprint density at radius 1 is 1.19 bits per heavy atom. The maximum absolute atomic E-state index is 4.14. The highest BCUT2D eigenvalue weighted by atomic mass is 15.2. The van der Waals surface area contributed by atoms with Crippen LogP contribution in [0.1, 0.15) is 33.6 Å². The van der Waals surface area contributed by atoms with E-state index in [1.54, 1.807) is 6.33 Å². The van der Waals surface area contributed by atoms with Crippen LogP contribution in [0.5, 0.6) is 0 Å². The van der Waals surface area contributed by atoms with E-state index in [2.05, 4.69) is 60.6 Å². The minimum Gasteiger partial charge on any atom is -0.382 e. The van der Waals surface area contributed by atoms with E-state index in [0.29, 0.717) is 11.5 Å². The fourth-order valence-electron chi connectivity index (χ4n) is 3.56. The van der Waals surface area contributed by atoms with Gasteiger partial charge in [-0.05, 0) is 48.4 Å². The molecule has 2 unspecified atom stereocenters. The quantitative estimate of drug-likeness (QED) is 0.934. The summed E-state index contributed by atoms with van der Waals surface area (Å²) in [6.07, 6.45) is 4.25. The van der Waals surface area contributed by atoms with Crippen molar-refractivity contribution in [3.63, 3.8) is 0 Å². The molecular formula is C17H24N4.